The molecule has 3 aromatic rings. The number of aryl methyl sites for hydroxylation is 1. The van der Waals surface area contributed by atoms with Crippen molar-refractivity contribution in [2.75, 3.05) is 0 Å². The fraction of sp³-hybridized carbons (Fsp3) is 0.286. The van der Waals surface area contributed by atoms with E-state index in [1.807, 2.05) is 24.3 Å². The Bertz CT molecular complexity index is 719. The second kappa shape index (κ2) is 6.32. The molecule has 108 valence electrons. The van der Waals surface area contributed by atoms with Crippen LogP contribution in [0.3, 0.4) is 0 Å². The number of hydrogen-bond donors (Lipinski definition) is 0. The van der Waals surface area contributed by atoms with Gasteiger partial charge in [0.05, 0.1) is 10.7 Å². The molecule has 0 saturated heterocycles. The predicted molar refractivity (Wildman–Crippen MR) is 83.5 cm³/mol. The fourth-order valence-corrected chi connectivity index (χ4v) is 2.94. The van der Waals surface area contributed by atoms with E-state index in [1.54, 1.807) is 16.1 Å². The summed E-state index contributed by atoms with van der Waals surface area (Å²) in [5.41, 5.74) is 1.87. The summed E-state index contributed by atoms with van der Waals surface area (Å²) in [6.07, 6.45) is 2.13. The van der Waals surface area contributed by atoms with Gasteiger partial charge in [-0.05, 0) is 42.3 Å². The minimum Gasteiger partial charge on any atom is -0.244 e. The van der Waals surface area contributed by atoms with Crippen LogP contribution in [-0.4, -0.2) is 25.2 Å². The lowest BCUT2D eigenvalue weighted by Gasteiger charge is -1.95. The number of thiazole rings is 1. The first kappa shape index (κ1) is 14.2. The Hall–Kier alpha value is -1.79. The Balaban J connectivity index is 1.73. The Morgan fingerprint density at radius 3 is 2.81 bits per heavy atom. The molecule has 0 atom stereocenters. The zero-order valence-corrected chi connectivity index (χ0v) is 13.1. The maximum atomic E-state index is 5.87. The number of nitrogens with zero attached hydrogens (tertiary/aromatic N) is 5. The summed E-state index contributed by atoms with van der Waals surface area (Å²) in [6, 6.07) is 7.39. The van der Waals surface area contributed by atoms with E-state index in [9.17, 15) is 0 Å². The SMILES string of the molecule is CCCc1nc(Cn2nnc(-c3ccc(Cl)cc3)n2)cs1. The van der Waals surface area contributed by atoms with Gasteiger partial charge < -0.3 is 0 Å². The average Bonchev–Trinajstić information content (AvgIpc) is 3.11. The summed E-state index contributed by atoms with van der Waals surface area (Å²) in [6.45, 7) is 2.69. The van der Waals surface area contributed by atoms with Gasteiger partial charge in [-0.3, -0.25) is 0 Å². The highest BCUT2D eigenvalue weighted by Gasteiger charge is 2.08. The molecule has 0 aliphatic carbocycles. The molecule has 0 N–H and O–H groups in total. The number of rotatable bonds is 5. The molecule has 0 fully saturated rings. The van der Waals surface area contributed by atoms with Gasteiger partial charge in [0, 0.05) is 16.0 Å². The molecule has 1 aromatic carbocycles. The van der Waals surface area contributed by atoms with E-state index < -0.39 is 0 Å². The third kappa shape index (κ3) is 3.46. The summed E-state index contributed by atoms with van der Waals surface area (Å²) in [5.74, 6) is 0.593. The Kier molecular flexibility index (Phi) is 4.26. The molecule has 0 spiro atoms. The van der Waals surface area contributed by atoms with Crippen molar-refractivity contribution >= 4 is 22.9 Å². The van der Waals surface area contributed by atoms with Crippen molar-refractivity contribution in [3.05, 3.63) is 45.4 Å². The van der Waals surface area contributed by atoms with E-state index in [2.05, 4.69) is 32.7 Å². The monoisotopic (exact) mass is 319 g/mol. The van der Waals surface area contributed by atoms with Crippen molar-refractivity contribution in [2.24, 2.45) is 0 Å². The van der Waals surface area contributed by atoms with Gasteiger partial charge in [-0.1, -0.05) is 18.5 Å². The average molecular weight is 320 g/mol. The van der Waals surface area contributed by atoms with Gasteiger partial charge in [-0.25, -0.2) is 4.98 Å². The van der Waals surface area contributed by atoms with E-state index in [4.69, 9.17) is 11.6 Å². The Morgan fingerprint density at radius 1 is 1.24 bits per heavy atom. The molecule has 0 saturated carbocycles. The molecular formula is C14H14ClN5S. The van der Waals surface area contributed by atoms with Gasteiger partial charge in [0.2, 0.25) is 5.82 Å². The molecule has 0 bridgehead atoms. The first-order chi connectivity index (χ1) is 10.2. The highest BCUT2D eigenvalue weighted by Crippen LogP contribution is 2.17. The van der Waals surface area contributed by atoms with E-state index in [0.29, 0.717) is 17.4 Å². The molecule has 5 nitrogen and oxygen atoms in total. The zero-order chi connectivity index (χ0) is 14.7. The summed E-state index contributed by atoms with van der Waals surface area (Å²) in [5, 5.41) is 16.4. The minimum atomic E-state index is 0.542. The zero-order valence-electron chi connectivity index (χ0n) is 11.5. The van der Waals surface area contributed by atoms with Crippen molar-refractivity contribution < 1.29 is 0 Å². The normalized spacial score (nSPS) is 11.0. The van der Waals surface area contributed by atoms with Crippen LogP contribution in [0.1, 0.15) is 24.0 Å². The van der Waals surface area contributed by atoms with Gasteiger partial charge in [-0.15, -0.1) is 21.5 Å². The number of tetrazole rings is 1. The molecule has 0 aliphatic rings. The van der Waals surface area contributed by atoms with Crippen LogP contribution >= 0.6 is 22.9 Å². The third-order valence-electron chi connectivity index (χ3n) is 2.92. The van der Waals surface area contributed by atoms with Crippen LogP contribution in [0.5, 0.6) is 0 Å². The van der Waals surface area contributed by atoms with E-state index >= 15 is 0 Å². The highest BCUT2D eigenvalue weighted by molar-refractivity contribution is 7.09. The van der Waals surface area contributed by atoms with Gasteiger partial charge in [0.25, 0.3) is 0 Å². The largest absolute Gasteiger partial charge is 0.244 e. The molecule has 2 heterocycles. The topological polar surface area (TPSA) is 56.5 Å². The van der Waals surface area contributed by atoms with Gasteiger partial charge in [-0.2, -0.15) is 4.80 Å². The summed E-state index contributed by atoms with van der Waals surface area (Å²) < 4.78 is 0. The third-order valence-corrected chi connectivity index (χ3v) is 4.13. The number of halogens is 1. The first-order valence-electron chi connectivity index (χ1n) is 6.71. The van der Waals surface area contributed by atoms with Crippen LogP contribution in [0.15, 0.2) is 29.6 Å². The van der Waals surface area contributed by atoms with Gasteiger partial charge >= 0.3 is 0 Å². The van der Waals surface area contributed by atoms with Crippen molar-refractivity contribution in [2.45, 2.75) is 26.3 Å². The van der Waals surface area contributed by atoms with E-state index in [1.165, 1.54) is 0 Å². The highest BCUT2D eigenvalue weighted by atomic mass is 35.5. The molecule has 21 heavy (non-hydrogen) atoms. The first-order valence-corrected chi connectivity index (χ1v) is 7.97. The standard InChI is InChI=1S/C14H14ClN5S/c1-2-3-13-16-12(9-21-13)8-20-18-14(17-19-20)10-4-6-11(15)7-5-10/h4-7,9H,2-3,8H2,1H3. The molecule has 0 amide bonds. The smallest absolute Gasteiger partial charge is 0.204 e. The van der Waals surface area contributed by atoms with Gasteiger partial charge in [0.15, 0.2) is 0 Å². The van der Waals surface area contributed by atoms with Crippen molar-refractivity contribution in [1.82, 2.24) is 25.2 Å². The fourth-order valence-electron chi connectivity index (χ4n) is 1.92. The van der Waals surface area contributed by atoms with Crippen LogP contribution < -0.4 is 0 Å². The lowest BCUT2D eigenvalue weighted by atomic mass is 10.2. The molecule has 7 heteroatoms. The van der Waals surface area contributed by atoms with Crippen LogP contribution in [0.2, 0.25) is 5.02 Å². The molecule has 0 radical (unpaired) electrons. The minimum absolute atomic E-state index is 0.542. The number of hydrogen-bond acceptors (Lipinski definition) is 5. The van der Waals surface area contributed by atoms with E-state index in [0.717, 1.165) is 29.1 Å². The molecule has 0 unspecified atom stereocenters. The van der Waals surface area contributed by atoms with E-state index in [-0.39, 0.29) is 0 Å². The number of aromatic nitrogens is 5. The quantitative estimate of drug-likeness (QED) is 0.722. The van der Waals surface area contributed by atoms with Crippen molar-refractivity contribution in [3.8, 4) is 11.4 Å². The Labute approximate surface area is 131 Å². The van der Waals surface area contributed by atoms with Crippen molar-refractivity contribution in [1.29, 1.82) is 0 Å². The summed E-state index contributed by atoms with van der Waals surface area (Å²) >= 11 is 7.55. The van der Waals surface area contributed by atoms with Crippen LogP contribution in [-0.2, 0) is 13.0 Å². The summed E-state index contributed by atoms with van der Waals surface area (Å²) in [7, 11) is 0. The molecule has 3 rings (SSSR count). The maximum Gasteiger partial charge on any atom is 0.204 e. The van der Waals surface area contributed by atoms with Crippen LogP contribution in [0.4, 0.5) is 0 Å². The lowest BCUT2D eigenvalue weighted by molar-refractivity contribution is 0.565. The molecular weight excluding hydrogens is 306 g/mol. The van der Waals surface area contributed by atoms with Crippen LogP contribution in [0.25, 0.3) is 11.4 Å². The van der Waals surface area contributed by atoms with Crippen molar-refractivity contribution in [3.63, 3.8) is 0 Å². The second-order valence-electron chi connectivity index (χ2n) is 4.63. The van der Waals surface area contributed by atoms with Gasteiger partial charge in [0.1, 0.15) is 6.54 Å². The molecule has 2 aromatic heterocycles. The lowest BCUT2D eigenvalue weighted by Crippen LogP contribution is -2.04. The van der Waals surface area contributed by atoms with Crippen LogP contribution in [0, 0.1) is 0 Å². The number of benzene rings is 1. The second-order valence-corrected chi connectivity index (χ2v) is 6.01. The Morgan fingerprint density at radius 2 is 2.05 bits per heavy atom. The maximum absolute atomic E-state index is 5.87. The summed E-state index contributed by atoms with van der Waals surface area (Å²) in [4.78, 5) is 6.13. The predicted octanol–water partition coefficient (Wildman–Crippen LogP) is 3.45. The molecule has 0 aliphatic heterocycles.